The van der Waals surface area contributed by atoms with Gasteiger partial charge < -0.3 is 9.15 Å². The molecular formula is C17H13Cl3O3. The first-order valence-electron chi connectivity index (χ1n) is 6.59. The standard InChI is InChI=1S/C17H13Cl3O3/c1-22-14-6-4-12(5-7-14)2-3-13-10-15(23-16(21)11-13)8-9-17(18,19)20/h2-11H,1H3/b3-2+,9-8+. The van der Waals surface area contributed by atoms with E-state index in [-0.39, 0.29) is 0 Å². The van der Waals surface area contributed by atoms with Gasteiger partial charge in [0.25, 0.3) is 0 Å². The summed E-state index contributed by atoms with van der Waals surface area (Å²) in [5.41, 5.74) is 1.17. The Morgan fingerprint density at radius 1 is 1.00 bits per heavy atom. The topological polar surface area (TPSA) is 39.4 Å². The van der Waals surface area contributed by atoms with Crippen LogP contribution in [0.15, 0.2) is 51.7 Å². The minimum absolute atomic E-state index is 0.304. The highest BCUT2D eigenvalue weighted by molar-refractivity contribution is 6.69. The van der Waals surface area contributed by atoms with Crippen molar-refractivity contribution in [1.82, 2.24) is 0 Å². The van der Waals surface area contributed by atoms with E-state index in [1.54, 1.807) is 19.3 Å². The molecular weight excluding hydrogens is 359 g/mol. The summed E-state index contributed by atoms with van der Waals surface area (Å²) >= 11 is 16.9. The molecule has 3 nitrogen and oxygen atoms in total. The third-order valence-corrected chi connectivity index (χ3v) is 3.21. The molecule has 2 aromatic rings. The fourth-order valence-electron chi connectivity index (χ4n) is 1.78. The molecule has 0 saturated carbocycles. The molecule has 0 amide bonds. The van der Waals surface area contributed by atoms with E-state index < -0.39 is 9.42 Å². The average Bonchev–Trinajstić information content (AvgIpc) is 2.50. The Labute approximate surface area is 148 Å². The predicted octanol–water partition coefficient (Wildman–Crippen LogP) is 5.20. The lowest BCUT2D eigenvalue weighted by molar-refractivity contribution is 0.415. The van der Waals surface area contributed by atoms with Gasteiger partial charge in [-0.05, 0) is 41.5 Å². The van der Waals surface area contributed by atoms with Crippen LogP contribution in [0.3, 0.4) is 0 Å². The summed E-state index contributed by atoms with van der Waals surface area (Å²) in [5, 5.41) is 0. The number of hydrogen-bond donors (Lipinski definition) is 0. The van der Waals surface area contributed by atoms with E-state index in [2.05, 4.69) is 0 Å². The van der Waals surface area contributed by atoms with Crippen LogP contribution in [-0.2, 0) is 0 Å². The number of halogens is 3. The molecule has 0 spiro atoms. The maximum atomic E-state index is 11.6. The van der Waals surface area contributed by atoms with Crippen LogP contribution in [0.25, 0.3) is 18.2 Å². The van der Waals surface area contributed by atoms with E-state index in [0.717, 1.165) is 11.3 Å². The number of hydrogen-bond acceptors (Lipinski definition) is 3. The van der Waals surface area contributed by atoms with E-state index in [0.29, 0.717) is 11.3 Å². The van der Waals surface area contributed by atoms with Gasteiger partial charge in [-0.15, -0.1) is 0 Å². The van der Waals surface area contributed by atoms with Crippen LogP contribution in [-0.4, -0.2) is 10.9 Å². The van der Waals surface area contributed by atoms with Gasteiger partial charge in [0.05, 0.1) is 7.11 Å². The number of ether oxygens (including phenoxy) is 1. The summed E-state index contributed by atoms with van der Waals surface area (Å²) in [5.74, 6) is 1.08. The molecule has 1 heterocycles. The molecule has 1 aromatic carbocycles. The van der Waals surface area contributed by atoms with Gasteiger partial charge in [-0.1, -0.05) is 59.1 Å². The smallest absolute Gasteiger partial charge is 0.336 e. The SMILES string of the molecule is COc1ccc(/C=C/c2cc(/C=C/C(Cl)(Cl)Cl)oc(=O)c2)cc1. The lowest BCUT2D eigenvalue weighted by Gasteiger charge is -2.02. The van der Waals surface area contributed by atoms with Gasteiger partial charge in [0.15, 0.2) is 0 Å². The molecule has 0 aliphatic rings. The summed E-state index contributed by atoms with van der Waals surface area (Å²) in [6, 6.07) is 10.6. The highest BCUT2D eigenvalue weighted by Gasteiger charge is 2.14. The van der Waals surface area contributed by atoms with Crippen molar-refractivity contribution in [1.29, 1.82) is 0 Å². The average molecular weight is 372 g/mol. The summed E-state index contributed by atoms with van der Waals surface area (Å²) in [4.78, 5) is 11.6. The van der Waals surface area contributed by atoms with Crippen LogP contribution in [0.5, 0.6) is 5.75 Å². The maximum absolute atomic E-state index is 11.6. The Balaban J connectivity index is 2.22. The fraction of sp³-hybridized carbons (Fsp3) is 0.118. The first-order valence-corrected chi connectivity index (χ1v) is 7.72. The summed E-state index contributed by atoms with van der Waals surface area (Å²) in [7, 11) is 1.61. The van der Waals surface area contributed by atoms with Gasteiger partial charge in [0.1, 0.15) is 11.5 Å². The second-order valence-electron chi connectivity index (χ2n) is 4.59. The molecule has 0 saturated heterocycles. The monoisotopic (exact) mass is 370 g/mol. The van der Waals surface area contributed by atoms with Crippen molar-refractivity contribution in [3.63, 3.8) is 0 Å². The van der Waals surface area contributed by atoms with E-state index in [4.69, 9.17) is 44.0 Å². The molecule has 0 atom stereocenters. The molecule has 0 radical (unpaired) electrons. The van der Waals surface area contributed by atoms with E-state index >= 15 is 0 Å². The molecule has 0 bridgehead atoms. The Bertz CT molecular complexity index is 769. The zero-order valence-electron chi connectivity index (χ0n) is 12.1. The maximum Gasteiger partial charge on any atom is 0.336 e. The van der Waals surface area contributed by atoms with E-state index in [1.807, 2.05) is 30.3 Å². The van der Waals surface area contributed by atoms with Crippen LogP contribution < -0.4 is 10.4 Å². The molecule has 120 valence electrons. The minimum atomic E-state index is -1.55. The molecule has 0 fully saturated rings. The molecule has 0 aliphatic carbocycles. The van der Waals surface area contributed by atoms with Crippen molar-refractivity contribution in [2.24, 2.45) is 0 Å². The molecule has 1 aromatic heterocycles. The van der Waals surface area contributed by atoms with Crippen molar-refractivity contribution >= 4 is 53.0 Å². The normalized spacial score (nSPS) is 12.2. The summed E-state index contributed by atoms with van der Waals surface area (Å²) < 4.78 is 8.58. The number of alkyl halides is 3. The van der Waals surface area contributed by atoms with Crippen molar-refractivity contribution in [2.75, 3.05) is 7.11 Å². The molecule has 0 unspecified atom stereocenters. The predicted molar refractivity (Wildman–Crippen MR) is 96.2 cm³/mol. The minimum Gasteiger partial charge on any atom is -0.497 e. The van der Waals surface area contributed by atoms with E-state index in [1.165, 1.54) is 18.2 Å². The van der Waals surface area contributed by atoms with Crippen LogP contribution in [0.2, 0.25) is 0 Å². The second kappa shape index (κ2) is 7.73. The van der Waals surface area contributed by atoms with Crippen molar-refractivity contribution < 1.29 is 9.15 Å². The van der Waals surface area contributed by atoms with Gasteiger partial charge in [-0.2, -0.15) is 0 Å². The van der Waals surface area contributed by atoms with Gasteiger partial charge >= 0.3 is 5.63 Å². The Hall–Kier alpha value is -1.68. The number of methoxy groups -OCH3 is 1. The van der Waals surface area contributed by atoms with Crippen LogP contribution >= 0.6 is 34.8 Å². The Morgan fingerprint density at radius 2 is 1.65 bits per heavy atom. The van der Waals surface area contributed by atoms with Gasteiger partial charge in [0, 0.05) is 6.07 Å². The van der Waals surface area contributed by atoms with Gasteiger partial charge in [-0.25, -0.2) is 4.79 Å². The molecule has 0 aliphatic heterocycles. The van der Waals surface area contributed by atoms with Crippen LogP contribution in [0, 0.1) is 0 Å². The lowest BCUT2D eigenvalue weighted by atomic mass is 10.1. The second-order valence-corrected chi connectivity index (χ2v) is 6.96. The highest BCUT2D eigenvalue weighted by atomic mass is 35.6. The lowest BCUT2D eigenvalue weighted by Crippen LogP contribution is -1.99. The summed E-state index contributed by atoms with van der Waals surface area (Å²) in [6.45, 7) is 0. The van der Waals surface area contributed by atoms with Crippen molar-refractivity contribution in [3.8, 4) is 5.75 Å². The Morgan fingerprint density at radius 3 is 2.26 bits per heavy atom. The Kier molecular flexibility index (Phi) is 5.94. The highest BCUT2D eigenvalue weighted by Crippen LogP contribution is 2.28. The third kappa shape index (κ3) is 6.14. The molecule has 2 rings (SSSR count). The van der Waals surface area contributed by atoms with Crippen LogP contribution in [0.4, 0.5) is 0 Å². The number of benzene rings is 1. The van der Waals surface area contributed by atoms with Gasteiger partial charge in [-0.3, -0.25) is 0 Å². The zero-order chi connectivity index (χ0) is 16.9. The van der Waals surface area contributed by atoms with Crippen molar-refractivity contribution in [2.45, 2.75) is 3.79 Å². The quantitative estimate of drug-likeness (QED) is 0.693. The molecule has 6 heteroatoms. The number of rotatable bonds is 4. The number of allylic oxidation sites excluding steroid dienone is 1. The van der Waals surface area contributed by atoms with E-state index in [9.17, 15) is 4.79 Å². The first-order chi connectivity index (χ1) is 10.9. The zero-order valence-corrected chi connectivity index (χ0v) is 14.4. The summed E-state index contributed by atoms with van der Waals surface area (Å²) in [6.07, 6.45) is 6.42. The fourth-order valence-corrected chi connectivity index (χ4v) is 1.97. The van der Waals surface area contributed by atoms with Crippen LogP contribution in [0.1, 0.15) is 16.9 Å². The first kappa shape index (κ1) is 17.7. The largest absolute Gasteiger partial charge is 0.497 e. The third-order valence-electron chi connectivity index (χ3n) is 2.83. The van der Waals surface area contributed by atoms with Crippen molar-refractivity contribution in [3.05, 3.63) is 69.8 Å². The molecule has 23 heavy (non-hydrogen) atoms. The molecule has 0 N–H and O–H groups in total. The van der Waals surface area contributed by atoms with Gasteiger partial charge in [0.2, 0.25) is 3.79 Å².